The van der Waals surface area contributed by atoms with Gasteiger partial charge in [0.2, 0.25) is 11.9 Å². The van der Waals surface area contributed by atoms with E-state index in [0.717, 1.165) is 5.69 Å². The topological polar surface area (TPSA) is 102 Å². The van der Waals surface area contributed by atoms with Gasteiger partial charge in [0.05, 0.1) is 18.4 Å². The Labute approximate surface area is 132 Å². The number of nitrogens with zero attached hydrogens (tertiary/aromatic N) is 4. The number of nitrogens with two attached hydrogens (primary N) is 1. The van der Waals surface area contributed by atoms with E-state index in [0.29, 0.717) is 22.9 Å². The Balaban J connectivity index is 1.94. The monoisotopic (exact) mass is 306 g/mol. The number of anilines is 3. The first kappa shape index (κ1) is 14.4. The van der Waals surface area contributed by atoms with Gasteiger partial charge in [0.1, 0.15) is 11.8 Å². The maximum Gasteiger partial charge on any atom is 0.248 e. The summed E-state index contributed by atoms with van der Waals surface area (Å²) in [5.41, 5.74) is 7.82. The van der Waals surface area contributed by atoms with Crippen LogP contribution in [-0.2, 0) is 0 Å². The molecule has 0 fully saturated rings. The highest BCUT2D eigenvalue weighted by atomic mass is 16.5. The average molecular weight is 306 g/mol. The fraction of sp³-hybridized carbons (Fsp3) is 0.0625. The molecule has 0 saturated carbocycles. The number of aromatic nitrogens is 3. The summed E-state index contributed by atoms with van der Waals surface area (Å²) in [6.45, 7) is 0. The second-order valence-electron chi connectivity index (χ2n) is 4.69. The predicted molar refractivity (Wildman–Crippen MR) is 86.8 cm³/mol. The zero-order valence-corrected chi connectivity index (χ0v) is 12.4. The van der Waals surface area contributed by atoms with Gasteiger partial charge < -0.3 is 15.8 Å². The normalized spacial score (nSPS) is 10.1. The van der Waals surface area contributed by atoms with Crippen molar-refractivity contribution in [1.29, 1.82) is 5.26 Å². The van der Waals surface area contributed by atoms with E-state index in [-0.39, 0.29) is 5.95 Å². The molecule has 114 valence electrons. The molecule has 3 aromatic rings. The fourth-order valence-electron chi connectivity index (χ4n) is 2.13. The van der Waals surface area contributed by atoms with Crippen LogP contribution in [-0.4, -0.2) is 21.9 Å². The summed E-state index contributed by atoms with van der Waals surface area (Å²) in [5, 5.41) is 16.6. The molecule has 0 unspecified atom stereocenters. The minimum Gasteiger partial charge on any atom is -0.495 e. The van der Waals surface area contributed by atoms with Gasteiger partial charge in [0.25, 0.3) is 0 Å². The van der Waals surface area contributed by atoms with Crippen molar-refractivity contribution in [2.75, 3.05) is 18.2 Å². The number of nitrogens with one attached hydrogen (secondary N) is 1. The van der Waals surface area contributed by atoms with Crippen molar-refractivity contribution in [2.45, 2.75) is 0 Å². The van der Waals surface area contributed by atoms with E-state index in [1.54, 1.807) is 18.2 Å². The first-order chi connectivity index (χ1) is 11.2. The van der Waals surface area contributed by atoms with E-state index >= 15 is 0 Å². The van der Waals surface area contributed by atoms with Crippen molar-refractivity contribution in [2.24, 2.45) is 0 Å². The molecule has 3 N–H and O–H groups in total. The van der Waals surface area contributed by atoms with Crippen molar-refractivity contribution in [1.82, 2.24) is 14.8 Å². The minimum absolute atomic E-state index is 0.220. The molecule has 1 heterocycles. The van der Waals surface area contributed by atoms with Crippen LogP contribution < -0.4 is 15.8 Å². The van der Waals surface area contributed by atoms with Crippen LogP contribution in [0.3, 0.4) is 0 Å². The first-order valence-electron chi connectivity index (χ1n) is 6.84. The highest BCUT2D eigenvalue weighted by Crippen LogP contribution is 2.23. The highest BCUT2D eigenvalue weighted by molar-refractivity contribution is 5.56. The molecule has 23 heavy (non-hydrogen) atoms. The number of hydrogen-bond acceptors (Lipinski definition) is 6. The summed E-state index contributed by atoms with van der Waals surface area (Å²) >= 11 is 0. The summed E-state index contributed by atoms with van der Waals surface area (Å²) in [6.07, 6.45) is 0. The Morgan fingerprint density at radius 3 is 2.70 bits per heavy atom. The summed E-state index contributed by atoms with van der Waals surface area (Å²) in [6, 6.07) is 16.7. The van der Waals surface area contributed by atoms with Crippen molar-refractivity contribution in [3.05, 3.63) is 54.1 Å². The number of benzene rings is 2. The van der Waals surface area contributed by atoms with E-state index < -0.39 is 0 Å². The molecule has 7 heteroatoms. The van der Waals surface area contributed by atoms with Crippen LogP contribution in [0.25, 0.3) is 5.69 Å². The van der Waals surface area contributed by atoms with Gasteiger partial charge in [-0.2, -0.15) is 14.9 Å². The van der Waals surface area contributed by atoms with Crippen molar-refractivity contribution in [3.8, 4) is 17.5 Å². The lowest BCUT2D eigenvalue weighted by Gasteiger charge is -2.06. The standard InChI is InChI=1S/C16H14N6O/c1-23-14-8-7-13(9-11(14)10-17)22-15(18)20-16(21-22)19-12-5-3-2-4-6-12/h2-9H,1H3,(H3,18,19,20,21). The molecule has 0 aliphatic carbocycles. The third-order valence-electron chi connectivity index (χ3n) is 3.21. The van der Waals surface area contributed by atoms with Gasteiger partial charge in [-0.25, -0.2) is 0 Å². The van der Waals surface area contributed by atoms with Crippen LogP contribution in [0.2, 0.25) is 0 Å². The lowest BCUT2D eigenvalue weighted by molar-refractivity contribution is 0.413. The van der Waals surface area contributed by atoms with Gasteiger partial charge in [-0.05, 0) is 30.3 Å². The molecule has 0 saturated heterocycles. The smallest absolute Gasteiger partial charge is 0.248 e. The van der Waals surface area contributed by atoms with Crippen molar-refractivity contribution in [3.63, 3.8) is 0 Å². The molecule has 0 bridgehead atoms. The molecule has 0 atom stereocenters. The summed E-state index contributed by atoms with van der Waals surface area (Å²) < 4.78 is 6.59. The Morgan fingerprint density at radius 1 is 1.22 bits per heavy atom. The molecule has 1 aromatic heterocycles. The van der Waals surface area contributed by atoms with Crippen LogP contribution in [0.5, 0.6) is 5.75 Å². The Kier molecular flexibility index (Phi) is 3.80. The average Bonchev–Trinajstić information content (AvgIpc) is 2.95. The van der Waals surface area contributed by atoms with Gasteiger partial charge in [0.15, 0.2) is 0 Å². The van der Waals surface area contributed by atoms with E-state index in [9.17, 15) is 5.26 Å². The number of nitriles is 1. The van der Waals surface area contributed by atoms with E-state index in [1.807, 2.05) is 30.3 Å². The molecule has 0 radical (unpaired) electrons. The number of para-hydroxylation sites is 1. The highest BCUT2D eigenvalue weighted by Gasteiger charge is 2.11. The van der Waals surface area contributed by atoms with Crippen LogP contribution in [0.1, 0.15) is 5.56 Å². The van der Waals surface area contributed by atoms with Crippen LogP contribution in [0, 0.1) is 11.3 Å². The minimum atomic E-state index is 0.220. The molecule has 3 rings (SSSR count). The number of hydrogen-bond donors (Lipinski definition) is 2. The van der Waals surface area contributed by atoms with Crippen molar-refractivity contribution < 1.29 is 4.74 Å². The van der Waals surface area contributed by atoms with Gasteiger partial charge >= 0.3 is 0 Å². The van der Waals surface area contributed by atoms with Gasteiger partial charge in [-0.1, -0.05) is 18.2 Å². The van der Waals surface area contributed by atoms with E-state index in [1.165, 1.54) is 11.8 Å². The number of methoxy groups -OCH3 is 1. The molecule has 7 nitrogen and oxygen atoms in total. The largest absolute Gasteiger partial charge is 0.495 e. The first-order valence-corrected chi connectivity index (χ1v) is 6.84. The third kappa shape index (κ3) is 2.91. The van der Waals surface area contributed by atoms with E-state index in [4.69, 9.17) is 10.5 Å². The number of nitrogen functional groups attached to an aromatic ring is 1. The van der Waals surface area contributed by atoms with Crippen LogP contribution in [0.15, 0.2) is 48.5 Å². The van der Waals surface area contributed by atoms with Gasteiger partial charge in [-0.15, -0.1) is 5.10 Å². The zero-order valence-electron chi connectivity index (χ0n) is 12.4. The summed E-state index contributed by atoms with van der Waals surface area (Å²) in [4.78, 5) is 4.18. The maximum absolute atomic E-state index is 9.17. The zero-order chi connectivity index (χ0) is 16.2. The maximum atomic E-state index is 9.17. The lowest BCUT2D eigenvalue weighted by atomic mass is 10.2. The SMILES string of the molecule is COc1ccc(-n2nc(Nc3ccccc3)nc2N)cc1C#N. The van der Waals surface area contributed by atoms with Gasteiger partial charge in [0, 0.05) is 5.69 Å². The molecule has 0 amide bonds. The molecule has 2 aromatic carbocycles. The molecular weight excluding hydrogens is 292 g/mol. The number of ether oxygens (including phenoxy) is 1. The third-order valence-corrected chi connectivity index (χ3v) is 3.21. The van der Waals surface area contributed by atoms with E-state index in [2.05, 4.69) is 21.5 Å². The second kappa shape index (κ2) is 6.07. The lowest BCUT2D eigenvalue weighted by Crippen LogP contribution is -2.03. The Morgan fingerprint density at radius 2 is 2.00 bits per heavy atom. The van der Waals surface area contributed by atoms with Crippen LogP contribution in [0.4, 0.5) is 17.6 Å². The second-order valence-corrected chi connectivity index (χ2v) is 4.69. The predicted octanol–water partition coefficient (Wildman–Crippen LogP) is 2.47. The van der Waals surface area contributed by atoms with Crippen LogP contribution >= 0.6 is 0 Å². The summed E-state index contributed by atoms with van der Waals surface area (Å²) in [7, 11) is 1.52. The molecule has 0 aliphatic heterocycles. The van der Waals surface area contributed by atoms with Gasteiger partial charge in [-0.3, -0.25) is 0 Å². The fourth-order valence-corrected chi connectivity index (χ4v) is 2.13. The van der Waals surface area contributed by atoms with Crippen molar-refractivity contribution >= 4 is 17.6 Å². The molecule has 0 spiro atoms. The molecule has 0 aliphatic rings. The Bertz CT molecular complexity index is 866. The number of rotatable bonds is 4. The molecular formula is C16H14N6O. The quantitative estimate of drug-likeness (QED) is 0.767. The Hall–Kier alpha value is -3.53. The summed E-state index contributed by atoms with van der Waals surface area (Å²) in [5.74, 6) is 1.10.